The number of amides is 3. The SMILES string of the molecule is CCOc1ccc(NC(=O)N(S)c2ccc(NC(=O)c3ccccc3F)cc2)cc1Cl. The second-order valence-electron chi connectivity index (χ2n) is 6.30. The number of nitrogens with zero attached hydrogens (tertiary/aromatic N) is 1. The summed E-state index contributed by atoms with van der Waals surface area (Å²) in [4.78, 5) is 24.7. The summed E-state index contributed by atoms with van der Waals surface area (Å²) in [5, 5.41) is 5.67. The summed E-state index contributed by atoms with van der Waals surface area (Å²) in [6.45, 7) is 2.33. The van der Waals surface area contributed by atoms with Crippen LogP contribution in [0.2, 0.25) is 5.02 Å². The van der Waals surface area contributed by atoms with Crippen LogP contribution in [0, 0.1) is 5.82 Å². The number of ether oxygens (including phenoxy) is 1. The fraction of sp³-hybridized carbons (Fsp3) is 0.0909. The summed E-state index contributed by atoms with van der Waals surface area (Å²) < 4.78 is 20.2. The molecule has 9 heteroatoms. The van der Waals surface area contributed by atoms with Crippen LogP contribution < -0.4 is 19.7 Å². The van der Waals surface area contributed by atoms with Crippen molar-refractivity contribution in [1.29, 1.82) is 0 Å². The summed E-state index contributed by atoms with van der Waals surface area (Å²) in [5.41, 5.74) is 1.32. The highest BCUT2D eigenvalue weighted by Crippen LogP contribution is 2.28. The van der Waals surface area contributed by atoms with E-state index < -0.39 is 17.8 Å². The molecular weight excluding hydrogens is 441 g/mol. The van der Waals surface area contributed by atoms with Crippen LogP contribution in [-0.4, -0.2) is 18.5 Å². The monoisotopic (exact) mass is 459 g/mol. The molecule has 0 radical (unpaired) electrons. The maximum Gasteiger partial charge on any atom is 0.336 e. The second kappa shape index (κ2) is 10.2. The molecule has 0 aliphatic rings. The number of thiol groups is 1. The maximum absolute atomic E-state index is 13.7. The fourth-order valence-corrected chi connectivity index (χ4v) is 3.09. The zero-order valence-corrected chi connectivity index (χ0v) is 18.1. The van der Waals surface area contributed by atoms with Crippen molar-refractivity contribution < 1.29 is 18.7 Å². The van der Waals surface area contributed by atoms with Gasteiger partial charge in [0.15, 0.2) is 0 Å². The van der Waals surface area contributed by atoms with Crippen molar-refractivity contribution in [2.45, 2.75) is 6.92 Å². The Morgan fingerprint density at radius 2 is 1.71 bits per heavy atom. The van der Waals surface area contributed by atoms with Crippen LogP contribution in [0.15, 0.2) is 66.7 Å². The van der Waals surface area contributed by atoms with Crippen LogP contribution >= 0.6 is 24.4 Å². The molecule has 0 spiro atoms. The highest BCUT2D eigenvalue weighted by Gasteiger charge is 2.15. The summed E-state index contributed by atoms with van der Waals surface area (Å²) in [5.74, 6) is -0.652. The number of rotatable bonds is 6. The molecule has 0 saturated carbocycles. The molecule has 0 bridgehead atoms. The van der Waals surface area contributed by atoms with E-state index in [2.05, 4.69) is 23.4 Å². The Hall–Kier alpha value is -3.23. The smallest absolute Gasteiger partial charge is 0.336 e. The minimum Gasteiger partial charge on any atom is -0.492 e. The van der Waals surface area contributed by atoms with Crippen molar-refractivity contribution in [3.63, 3.8) is 0 Å². The first-order valence-corrected chi connectivity index (χ1v) is 10.0. The van der Waals surface area contributed by atoms with Crippen LogP contribution in [0.1, 0.15) is 17.3 Å². The van der Waals surface area contributed by atoms with E-state index >= 15 is 0 Å². The normalized spacial score (nSPS) is 10.3. The van der Waals surface area contributed by atoms with E-state index in [0.29, 0.717) is 34.4 Å². The molecule has 0 aliphatic carbocycles. The summed E-state index contributed by atoms with van der Waals surface area (Å²) in [6.07, 6.45) is 0. The Kier molecular flexibility index (Phi) is 7.38. The van der Waals surface area contributed by atoms with Crippen LogP contribution in [0.5, 0.6) is 5.75 Å². The second-order valence-corrected chi connectivity index (χ2v) is 7.11. The number of carbonyl (C=O) groups is 2. The van der Waals surface area contributed by atoms with Crippen molar-refractivity contribution in [1.82, 2.24) is 0 Å². The molecule has 0 unspecified atom stereocenters. The zero-order valence-electron chi connectivity index (χ0n) is 16.4. The summed E-state index contributed by atoms with van der Waals surface area (Å²) >= 11 is 10.4. The van der Waals surface area contributed by atoms with E-state index in [1.807, 2.05) is 6.92 Å². The minimum atomic E-state index is -0.607. The quantitative estimate of drug-likeness (QED) is 0.395. The van der Waals surface area contributed by atoms with Crippen molar-refractivity contribution in [2.75, 3.05) is 21.5 Å². The topological polar surface area (TPSA) is 70.7 Å². The number of carbonyl (C=O) groups excluding carboxylic acids is 2. The number of hydrogen-bond acceptors (Lipinski definition) is 4. The van der Waals surface area contributed by atoms with Crippen LogP contribution in [0.25, 0.3) is 0 Å². The van der Waals surface area contributed by atoms with Crippen molar-refractivity contribution >= 4 is 53.4 Å². The van der Waals surface area contributed by atoms with Gasteiger partial charge in [0, 0.05) is 11.4 Å². The van der Waals surface area contributed by atoms with Gasteiger partial charge in [0.05, 0.1) is 22.9 Å². The van der Waals surface area contributed by atoms with E-state index in [-0.39, 0.29) is 5.56 Å². The lowest BCUT2D eigenvalue weighted by Gasteiger charge is -2.17. The average Bonchev–Trinajstić information content (AvgIpc) is 2.76. The average molecular weight is 460 g/mol. The lowest BCUT2D eigenvalue weighted by molar-refractivity contribution is 0.102. The van der Waals surface area contributed by atoms with Gasteiger partial charge in [0.2, 0.25) is 0 Å². The fourth-order valence-electron chi connectivity index (χ4n) is 2.67. The third-order valence-electron chi connectivity index (χ3n) is 4.16. The van der Waals surface area contributed by atoms with Gasteiger partial charge in [-0.05, 0) is 61.5 Å². The molecule has 3 amide bonds. The zero-order chi connectivity index (χ0) is 22.4. The number of hydrogen-bond donors (Lipinski definition) is 3. The third-order valence-corrected chi connectivity index (χ3v) is 4.87. The highest BCUT2D eigenvalue weighted by atomic mass is 35.5. The van der Waals surface area contributed by atoms with Gasteiger partial charge in [-0.25, -0.2) is 13.5 Å². The Morgan fingerprint density at radius 1 is 1.03 bits per heavy atom. The van der Waals surface area contributed by atoms with E-state index in [4.69, 9.17) is 16.3 Å². The third kappa shape index (κ3) is 5.68. The van der Waals surface area contributed by atoms with Gasteiger partial charge in [0.1, 0.15) is 11.6 Å². The first-order chi connectivity index (χ1) is 14.9. The van der Waals surface area contributed by atoms with Crippen molar-refractivity contribution in [2.24, 2.45) is 0 Å². The van der Waals surface area contributed by atoms with Crippen molar-refractivity contribution in [3.8, 4) is 5.75 Å². The molecule has 0 saturated heterocycles. The first kappa shape index (κ1) is 22.5. The Labute approximate surface area is 189 Å². The predicted octanol–water partition coefficient (Wildman–Crippen LogP) is 6.01. The molecule has 2 N–H and O–H groups in total. The van der Waals surface area contributed by atoms with Gasteiger partial charge >= 0.3 is 6.03 Å². The van der Waals surface area contributed by atoms with Gasteiger partial charge in [-0.2, -0.15) is 0 Å². The Bertz CT molecular complexity index is 1100. The van der Waals surface area contributed by atoms with E-state index in [0.717, 1.165) is 4.31 Å². The minimum absolute atomic E-state index is 0.0595. The van der Waals surface area contributed by atoms with Gasteiger partial charge in [-0.3, -0.25) is 4.79 Å². The molecule has 0 heterocycles. The number of benzene rings is 3. The Morgan fingerprint density at radius 3 is 2.35 bits per heavy atom. The molecule has 0 fully saturated rings. The predicted molar refractivity (Wildman–Crippen MR) is 124 cm³/mol. The van der Waals surface area contributed by atoms with E-state index in [1.165, 1.54) is 18.2 Å². The van der Waals surface area contributed by atoms with Crippen LogP contribution in [0.4, 0.5) is 26.2 Å². The number of urea groups is 1. The number of anilines is 3. The Balaban J connectivity index is 1.63. The van der Waals surface area contributed by atoms with Crippen LogP contribution in [0.3, 0.4) is 0 Å². The molecular formula is C22H19ClFN3O3S. The summed E-state index contributed by atoms with van der Waals surface area (Å²) in [6, 6.07) is 16.4. The van der Waals surface area contributed by atoms with Crippen LogP contribution in [-0.2, 0) is 0 Å². The molecule has 0 aromatic heterocycles. The highest BCUT2D eigenvalue weighted by molar-refractivity contribution is 7.82. The van der Waals surface area contributed by atoms with E-state index in [9.17, 15) is 14.0 Å². The molecule has 0 atom stereocenters. The lowest BCUT2D eigenvalue weighted by atomic mass is 10.2. The first-order valence-electron chi connectivity index (χ1n) is 9.27. The molecule has 0 aliphatic heterocycles. The molecule has 31 heavy (non-hydrogen) atoms. The molecule has 160 valence electrons. The standard InChI is InChI=1S/C22H19ClFN3O3S/c1-2-30-20-12-9-15(13-18(20)23)26-22(29)27(31)16-10-7-14(8-11-16)25-21(28)17-5-3-4-6-19(17)24/h3-13,31H,2H2,1H3,(H,25,28)(H,26,29). The number of nitrogens with one attached hydrogen (secondary N) is 2. The maximum atomic E-state index is 13.7. The van der Waals surface area contributed by atoms with Crippen molar-refractivity contribution in [3.05, 3.63) is 83.1 Å². The summed E-state index contributed by atoms with van der Waals surface area (Å²) in [7, 11) is 0. The molecule has 3 rings (SSSR count). The van der Waals surface area contributed by atoms with Gasteiger partial charge < -0.3 is 15.4 Å². The number of halogens is 2. The van der Waals surface area contributed by atoms with Gasteiger partial charge in [-0.1, -0.05) is 36.5 Å². The lowest BCUT2D eigenvalue weighted by Crippen LogP contribution is -2.26. The molecule has 3 aromatic rings. The largest absolute Gasteiger partial charge is 0.492 e. The van der Waals surface area contributed by atoms with E-state index in [1.54, 1.807) is 48.5 Å². The van der Waals surface area contributed by atoms with Gasteiger partial charge in [0.25, 0.3) is 5.91 Å². The van der Waals surface area contributed by atoms with Gasteiger partial charge in [-0.15, -0.1) is 0 Å². The molecule has 3 aromatic carbocycles. The molecule has 6 nitrogen and oxygen atoms in total.